The largest absolute Gasteiger partial charge is 0.387 e. The summed E-state index contributed by atoms with van der Waals surface area (Å²) >= 11 is 0. The van der Waals surface area contributed by atoms with Crippen LogP contribution in [0.25, 0.3) is 0 Å². The lowest BCUT2D eigenvalue weighted by Gasteiger charge is -2.43. The molecule has 2 N–H and O–H groups in total. The maximum Gasteiger partial charge on any atom is 0.186 e. The quantitative estimate of drug-likeness (QED) is 0.727. The minimum absolute atomic E-state index is 0.0858. The van der Waals surface area contributed by atoms with Gasteiger partial charge in [-0.2, -0.15) is 0 Å². The van der Waals surface area contributed by atoms with Gasteiger partial charge in [0.2, 0.25) is 0 Å². The van der Waals surface area contributed by atoms with Crippen molar-refractivity contribution in [3.63, 3.8) is 0 Å². The molecule has 0 aliphatic carbocycles. The van der Waals surface area contributed by atoms with Crippen LogP contribution in [0.3, 0.4) is 0 Å². The maximum atomic E-state index is 10.2. The SMILES string of the molecule is COC[C@H]1O[C@@H](OC(C)C)[C@@H](O)[C@@H](O)[C@@H]1OC(C)C. The molecule has 0 aromatic rings. The van der Waals surface area contributed by atoms with Crippen molar-refractivity contribution in [1.29, 1.82) is 0 Å². The van der Waals surface area contributed by atoms with E-state index in [0.717, 1.165) is 0 Å². The Morgan fingerprint density at radius 2 is 1.58 bits per heavy atom. The molecule has 19 heavy (non-hydrogen) atoms. The third kappa shape index (κ3) is 4.66. The monoisotopic (exact) mass is 278 g/mol. The molecule has 0 bridgehead atoms. The minimum atomic E-state index is -1.14. The molecule has 0 aromatic heterocycles. The summed E-state index contributed by atoms with van der Waals surface area (Å²) in [7, 11) is 1.55. The zero-order chi connectivity index (χ0) is 14.6. The first kappa shape index (κ1) is 16.8. The van der Waals surface area contributed by atoms with E-state index in [1.807, 2.05) is 27.7 Å². The molecular weight excluding hydrogens is 252 g/mol. The lowest BCUT2D eigenvalue weighted by atomic mass is 9.98. The van der Waals surface area contributed by atoms with E-state index in [4.69, 9.17) is 18.9 Å². The Bertz CT molecular complexity index is 258. The molecule has 6 heteroatoms. The van der Waals surface area contributed by atoms with Crippen molar-refractivity contribution in [2.24, 2.45) is 0 Å². The number of methoxy groups -OCH3 is 1. The number of hydrogen-bond acceptors (Lipinski definition) is 6. The number of aliphatic hydroxyl groups is 2. The Kier molecular flexibility index (Phi) is 6.65. The van der Waals surface area contributed by atoms with Gasteiger partial charge in [0.05, 0.1) is 18.8 Å². The van der Waals surface area contributed by atoms with E-state index >= 15 is 0 Å². The van der Waals surface area contributed by atoms with Crippen molar-refractivity contribution in [1.82, 2.24) is 0 Å². The van der Waals surface area contributed by atoms with Crippen molar-refractivity contribution in [2.45, 2.75) is 70.6 Å². The summed E-state index contributed by atoms with van der Waals surface area (Å²) in [5.74, 6) is 0. The molecule has 0 aromatic carbocycles. The first-order valence-electron chi connectivity index (χ1n) is 6.68. The summed E-state index contributed by atoms with van der Waals surface area (Å²) in [5.41, 5.74) is 0. The zero-order valence-corrected chi connectivity index (χ0v) is 12.3. The molecule has 5 atom stereocenters. The van der Waals surface area contributed by atoms with Crippen LogP contribution in [0.2, 0.25) is 0 Å². The number of aliphatic hydroxyl groups excluding tert-OH is 2. The molecule has 1 aliphatic rings. The van der Waals surface area contributed by atoms with Crippen LogP contribution in [-0.2, 0) is 18.9 Å². The standard InChI is InChI=1S/C13H26O6/c1-7(2)17-12-9(6-16-5)19-13(18-8(3)4)11(15)10(12)14/h7-15H,6H2,1-5H3/t9-,10-,11+,12-,13-/m1/s1. The Morgan fingerprint density at radius 3 is 2.05 bits per heavy atom. The third-order valence-corrected chi connectivity index (χ3v) is 2.81. The second kappa shape index (κ2) is 7.52. The molecule has 1 heterocycles. The molecule has 1 fully saturated rings. The van der Waals surface area contributed by atoms with E-state index in [-0.39, 0.29) is 18.8 Å². The fourth-order valence-corrected chi connectivity index (χ4v) is 2.07. The fourth-order valence-electron chi connectivity index (χ4n) is 2.07. The van der Waals surface area contributed by atoms with Crippen LogP contribution in [0.1, 0.15) is 27.7 Å². The number of hydrogen-bond donors (Lipinski definition) is 2. The molecular formula is C13H26O6. The summed E-state index contributed by atoms with van der Waals surface area (Å²) < 4.78 is 21.8. The molecule has 0 saturated carbocycles. The Morgan fingerprint density at radius 1 is 1.00 bits per heavy atom. The molecule has 1 aliphatic heterocycles. The van der Waals surface area contributed by atoms with Gasteiger partial charge in [-0.3, -0.25) is 0 Å². The van der Waals surface area contributed by atoms with Gasteiger partial charge < -0.3 is 29.2 Å². The van der Waals surface area contributed by atoms with Crippen molar-refractivity contribution >= 4 is 0 Å². The molecule has 114 valence electrons. The van der Waals surface area contributed by atoms with E-state index in [0.29, 0.717) is 0 Å². The number of ether oxygens (including phenoxy) is 4. The molecule has 1 rings (SSSR count). The Labute approximate surface area is 114 Å². The smallest absolute Gasteiger partial charge is 0.186 e. The minimum Gasteiger partial charge on any atom is -0.387 e. The third-order valence-electron chi connectivity index (χ3n) is 2.81. The average Bonchev–Trinajstić information content (AvgIpc) is 2.30. The fraction of sp³-hybridized carbons (Fsp3) is 1.00. The average molecular weight is 278 g/mol. The Hall–Kier alpha value is -0.240. The normalized spacial score (nSPS) is 36.2. The molecule has 0 unspecified atom stereocenters. The van der Waals surface area contributed by atoms with E-state index in [2.05, 4.69) is 0 Å². The first-order chi connectivity index (χ1) is 8.86. The van der Waals surface area contributed by atoms with Gasteiger partial charge >= 0.3 is 0 Å². The van der Waals surface area contributed by atoms with Gasteiger partial charge in [0.15, 0.2) is 6.29 Å². The highest BCUT2D eigenvalue weighted by Gasteiger charge is 2.46. The van der Waals surface area contributed by atoms with Crippen LogP contribution in [0.5, 0.6) is 0 Å². The highest BCUT2D eigenvalue weighted by molar-refractivity contribution is 4.91. The van der Waals surface area contributed by atoms with Crippen LogP contribution >= 0.6 is 0 Å². The topological polar surface area (TPSA) is 77.4 Å². The van der Waals surface area contributed by atoms with Gasteiger partial charge in [0, 0.05) is 7.11 Å². The second-order valence-electron chi connectivity index (χ2n) is 5.31. The van der Waals surface area contributed by atoms with E-state index in [1.165, 1.54) is 0 Å². The van der Waals surface area contributed by atoms with Crippen molar-refractivity contribution in [3.05, 3.63) is 0 Å². The Balaban J connectivity index is 2.77. The number of rotatable bonds is 6. The van der Waals surface area contributed by atoms with Crippen molar-refractivity contribution in [3.8, 4) is 0 Å². The van der Waals surface area contributed by atoms with Gasteiger partial charge in [-0.15, -0.1) is 0 Å². The second-order valence-corrected chi connectivity index (χ2v) is 5.31. The summed E-state index contributed by atoms with van der Waals surface area (Å²) in [4.78, 5) is 0. The van der Waals surface area contributed by atoms with Crippen molar-refractivity contribution in [2.75, 3.05) is 13.7 Å². The van der Waals surface area contributed by atoms with Gasteiger partial charge in [0.25, 0.3) is 0 Å². The van der Waals surface area contributed by atoms with Crippen LogP contribution in [0.15, 0.2) is 0 Å². The van der Waals surface area contributed by atoms with Gasteiger partial charge in [-0.05, 0) is 27.7 Å². The molecule has 0 spiro atoms. The first-order valence-corrected chi connectivity index (χ1v) is 6.68. The van der Waals surface area contributed by atoms with Gasteiger partial charge in [0.1, 0.15) is 24.4 Å². The maximum absolute atomic E-state index is 10.2. The summed E-state index contributed by atoms with van der Waals surface area (Å²) in [6.07, 6.45) is -4.40. The van der Waals surface area contributed by atoms with E-state index < -0.39 is 30.7 Å². The summed E-state index contributed by atoms with van der Waals surface area (Å²) in [6.45, 7) is 7.66. The lowest BCUT2D eigenvalue weighted by molar-refractivity contribution is -0.318. The molecule has 1 saturated heterocycles. The van der Waals surface area contributed by atoms with Crippen LogP contribution < -0.4 is 0 Å². The molecule has 6 nitrogen and oxygen atoms in total. The van der Waals surface area contributed by atoms with E-state index in [1.54, 1.807) is 7.11 Å². The van der Waals surface area contributed by atoms with Crippen LogP contribution in [-0.4, -0.2) is 66.8 Å². The lowest BCUT2D eigenvalue weighted by Crippen LogP contribution is -2.61. The van der Waals surface area contributed by atoms with E-state index in [9.17, 15) is 10.2 Å². The highest BCUT2D eigenvalue weighted by atomic mass is 16.7. The predicted molar refractivity (Wildman–Crippen MR) is 68.8 cm³/mol. The molecule has 0 radical (unpaired) electrons. The highest BCUT2D eigenvalue weighted by Crippen LogP contribution is 2.26. The van der Waals surface area contributed by atoms with Crippen LogP contribution in [0.4, 0.5) is 0 Å². The van der Waals surface area contributed by atoms with Gasteiger partial charge in [-0.1, -0.05) is 0 Å². The summed E-state index contributed by atoms with van der Waals surface area (Å²) in [5, 5.41) is 20.2. The summed E-state index contributed by atoms with van der Waals surface area (Å²) in [6, 6.07) is 0. The van der Waals surface area contributed by atoms with Crippen molar-refractivity contribution < 1.29 is 29.2 Å². The zero-order valence-electron chi connectivity index (χ0n) is 12.3. The van der Waals surface area contributed by atoms with Crippen LogP contribution in [0, 0.1) is 0 Å². The van der Waals surface area contributed by atoms with Gasteiger partial charge in [-0.25, -0.2) is 0 Å². The molecule has 0 amide bonds. The predicted octanol–water partition coefficient (Wildman–Crippen LogP) is 0.298.